The van der Waals surface area contributed by atoms with Gasteiger partial charge < -0.3 is 10.6 Å². The molecule has 6 heteroatoms. The molecule has 1 aliphatic carbocycles. The van der Waals surface area contributed by atoms with Gasteiger partial charge in [0, 0.05) is 18.7 Å². The first-order chi connectivity index (χ1) is 14.4. The Labute approximate surface area is 175 Å². The number of aryl methyl sites for hydroxylation is 1. The highest BCUT2D eigenvalue weighted by Gasteiger charge is 2.30. The maximum Gasteiger partial charge on any atom is 0.147 e. The van der Waals surface area contributed by atoms with Crippen LogP contribution in [-0.4, -0.2) is 18.1 Å². The first-order valence-corrected chi connectivity index (χ1v) is 9.96. The van der Waals surface area contributed by atoms with Crippen molar-refractivity contribution in [1.29, 1.82) is 10.5 Å². The van der Waals surface area contributed by atoms with E-state index in [9.17, 15) is 14.9 Å². The molecule has 0 atom stereocenters. The molecule has 1 aromatic heterocycles. The number of pyridine rings is 1. The number of aromatic nitrogens is 1. The largest absolute Gasteiger partial charge is 0.383 e. The number of halogens is 1. The quantitative estimate of drug-likeness (QED) is 0.787. The number of anilines is 2. The van der Waals surface area contributed by atoms with Crippen LogP contribution < -0.4 is 10.6 Å². The van der Waals surface area contributed by atoms with Crippen LogP contribution in [0.15, 0.2) is 17.7 Å². The molecule has 0 unspecified atom stereocenters. The van der Waals surface area contributed by atoms with Gasteiger partial charge in [-0.15, -0.1) is 0 Å². The Hall–Kier alpha value is -3.64. The molecule has 150 valence electrons. The summed E-state index contributed by atoms with van der Waals surface area (Å²) in [5.74, 6) is -0.132. The third-order valence-corrected chi connectivity index (χ3v) is 6.07. The highest BCUT2D eigenvalue weighted by Crippen LogP contribution is 2.44. The summed E-state index contributed by atoms with van der Waals surface area (Å²) in [6.45, 7) is 7.36. The molecule has 5 nitrogen and oxygen atoms in total. The lowest BCUT2D eigenvalue weighted by atomic mass is 9.94. The molecule has 1 saturated heterocycles. The minimum atomic E-state index is -0.250. The summed E-state index contributed by atoms with van der Waals surface area (Å²) in [5, 5.41) is 19.2. The van der Waals surface area contributed by atoms with Crippen molar-refractivity contribution in [2.45, 2.75) is 33.6 Å². The van der Waals surface area contributed by atoms with Crippen molar-refractivity contribution < 1.29 is 4.39 Å². The number of hydrogen-bond acceptors (Lipinski definition) is 5. The fourth-order valence-corrected chi connectivity index (χ4v) is 4.39. The van der Waals surface area contributed by atoms with Crippen LogP contribution in [0.5, 0.6) is 0 Å². The van der Waals surface area contributed by atoms with E-state index >= 15 is 0 Å². The normalized spacial score (nSPS) is 16.7. The van der Waals surface area contributed by atoms with Gasteiger partial charge in [-0.3, -0.25) is 0 Å². The van der Waals surface area contributed by atoms with Crippen molar-refractivity contribution >= 4 is 28.7 Å². The third-order valence-electron chi connectivity index (χ3n) is 6.07. The summed E-state index contributed by atoms with van der Waals surface area (Å²) < 4.78 is 14.9. The van der Waals surface area contributed by atoms with E-state index in [2.05, 4.69) is 22.0 Å². The minimum absolute atomic E-state index is 0.118. The monoisotopic (exact) mass is 399 g/mol. The third kappa shape index (κ3) is 2.93. The second kappa shape index (κ2) is 7.31. The van der Waals surface area contributed by atoms with Crippen LogP contribution >= 0.6 is 0 Å². The molecule has 0 radical (unpaired) electrons. The molecule has 1 aromatic carbocycles. The standard InChI is InChI=1S/C24H22FN5/c1-13-8-21(30-6-4-5-7-30)20(25)10-16(13)9-17-14(2)18(11-26)23-22(17)15(3)19(12-27)24(28)29-23/h8-10H,4-7H2,1-3H3,(H2,28,29)/b17-9-. The number of fused-ring (bicyclic) bond motifs is 1. The first kappa shape index (κ1) is 19.7. The molecule has 1 fully saturated rings. The van der Waals surface area contributed by atoms with Crippen molar-refractivity contribution in [2.75, 3.05) is 23.7 Å². The minimum Gasteiger partial charge on any atom is -0.383 e. The van der Waals surface area contributed by atoms with Crippen molar-refractivity contribution in [3.8, 4) is 12.1 Å². The van der Waals surface area contributed by atoms with Gasteiger partial charge in [0.1, 0.15) is 23.8 Å². The number of nitriles is 2. The van der Waals surface area contributed by atoms with Crippen LogP contribution in [0.4, 0.5) is 15.9 Å². The molecule has 0 bridgehead atoms. The van der Waals surface area contributed by atoms with E-state index in [1.165, 1.54) is 0 Å². The summed E-state index contributed by atoms with van der Waals surface area (Å²) in [7, 11) is 0. The second-order valence-corrected chi connectivity index (χ2v) is 7.86. The predicted octanol–water partition coefficient (Wildman–Crippen LogP) is 4.74. The van der Waals surface area contributed by atoms with Gasteiger partial charge in [-0.1, -0.05) is 0 Å². The van der Waals surface area contributed by atoms with E-state index in [-0.39, 0.29) is 11.6 Å². The Bertz CT molecular complexity index is 1220. The van der Waals surface area contributed by atoms with E-state index < -0.39 is 0 Å². The van der Waals surface area contributed by atoms with Crippen LogP contribution in [0.1, 0.15) is 53.3 Å². The van der Waals surface area contributed by atoms with Gasteiger partial charge >= 0.3 is 0 Å². The molecule has 0 spiro atoms. The zero-order valence-electron chi connectivity index (χ0n) is 17.3. The molecule has 4 rings (SSSR count). The van der Waals surface area contributed by atoms with Gasteiger partial charge in [0.2, 0.25) is 0 Å². The van der Waals surface area contributed by atoms with Crippen molar-refractivity contribution in [3.05, 3.63) is 57.0 Å². The van der Waals surface area contributed by atoms with Gasteiger partial charge in [0.15, 0.2) is 0 Å². The highest BCUT2D eigenvalue weighted by atomic mass is 19.1. The number of hydrogen-bond donors (Lipinski definition) is 1. The van der Waals surface area contributed by atoms with Crippen molar-refractivity contribution in [1.82, 2.24) is 4.98 Å². The average molecular weight is 399 g/mol. The van der Waals surface area contributed by atoms with E-state index in [4.69, 9.17) is 5.73 Å². The Morgan fingerprint density at radius 3 is 2.47 bits per heavy atom. The van der Waals surface area contributed by atoms with Crippen LogP contribution in [0.3, 0.4) is 0 Å². The number of allylic oxidation sites excluding steroid dienone is 3. The Morgan fingerprint density at radius 1 is 1.13 bits per heavy atom. The summed E-state index contributed by atoms with van der Waals surface area (Å²) in [4.78, 5) is 6.42. The van der Waals surface area contributed by atoms with Gasteiger partial charge in [-0.05, 0) is 79.7 Å². The lowest BCUT2D eigenvalue weighted by Crippen LogP contribution is -2.19. The fourth-order valence-electron chi connectivity index (χ4n) is 4.39. The smallest absolute Gasteiger partial charge is 0.147 e. The summed E-state index contributed by atoms with van der Waals surface area (Å²) in [6, 6.07) is 7.75. The Balaban J connectivity index is 1.90. The number of rotatable bonds is 2. The molecule has 0 saturated carbocycles. The molecular weight excluding hydrogens is 377 g/mol. The van der Waals surface area contributed by atoms with Crippen molar-refractivity contribution in [2.24, 2.45) is 0 Å². The molecular formula is C24H22FN5. The van der Waals surface area contributed by atoms with E-state index in [1.54, 1.807) is 13.0 Å². The lowest BCUT2D eigenvalue weighted by molar-refractivity contribution is 0.622. The van der Waals surface area contributed by atoms with Gasteiger partial charge in [-0.25, -0.2) is 9.37 Å². The maximum atomic E-state index is 14.9. The molecule has 2 N–H and O–H groups in total. The van der Waals surface area contributed by atoms with Gasteiger partial charge in [-0.2, -0.15) is 10.5 Å². The molecule has 30 heavy (non-hydrogen) atoms. The van der Waals surface area contributed by atoms with Crippen LogP contribution in [0.2, 0.25) is 0 Å². The van der Waals surface area contributed by atoms with Crippen LogP contribution in [0, 0.1) is 42.3 Å². The maximum absolute atomic E-state index is 14.9. The molecule has 1 aliphatic heterocycles. The van der Waals surface area contributed by atoms with E-state index in [1.807, 2.05) is 26.0 Å². The Kier molecular flexibility index (Phi) is 4.79. The van der Waals surface area contributed by atoms with E-state index in [0.29, 0.717) is 28.1 Å². The van der Waals surface area contributed by atoms with Crippen LogP contribution in [-0.2, 0) is 0 Å². The summed E-state index contributed by atoms with van der Waals surface area (Å²) in [6.07, 6.45) is 4.05. The topological polar surface area (TPSA) is 89.7 Å². The first-order valence-electron chi connectivity index (χ1n) is 9.96. The molecule has 2 aliphatic rings. The molecule has 0 amide bonds. The Morgan fingerprint density at radius 2 is 1.83 bits per heavy atom. The van der Waals surface area contributed by atoms with Gasteiger partial charge in [0.25, 0.3) is 0 Å². The van der Waals surface area contributed by atoms with Gasteiger partial charge in [0.05, 0.1) is 22.5 Å². The highest BCUT2D eigenvalue weighted by molar-refractivity contribution is 6.08. The zero-order valence-corrected chi connectivity index (χ0v) is 17.3. The van der Waals surface area contributed by atoms with E-state index in [0.717, 1.165) is 53.8 Å². The lowest BCUT2D eigenvalue weighted by Gasteiger charge is -2.20. The van der Waals surface area contributed by atoms with Crippen LogP contribution in [0.25, 0.3) is 17.2 Å². The number of nitrogen functional groups attached to an aromatic ring is 1. The average Bonchev–Trinajstić information content (AvgIpc) is 3.32. The number of benzene rings is 1. The number of nitrogens with two attached hydrogens (primary N) is 1. The fraction of sp³-hybridized carbons (Fsp3) is 0.292. The SMILES string of the molecule is CC1=C(C#N)c2nc(N)c(C#N)c(C)c2/C1=C\c1cc(F)c(N2CCCC2)cc1C. The summed E-state index contributed by atoms with van der Waals surface area (Å²) >= 11 is 0. The van der Waals surface area contributed by atoms with Crippen molar-refractivity contribution in [3.63, 3.8) is 0 Å². The predicted molar refractivity (Wildman–Crippen MR) is 117 cm³/mol. The number of nitrogens with zero attached hydrogens (tertiary/aromatic N) is 4. The molecule has 2 heterocycles. The zero-order chi connectivity index (χ0) is 21.6. The summed E-state index contributed by atoms with van der Waals surface area (Å²) in [5.41, 5.74) is 12.4. The second-order valence-electron chi connectivity index (χ2n) is 7.86. The molecule has 2 aromatic rings.